The van der Waals surface area contributed by atoms with Crippen molar-refractivity contribution < 1.29 is 18.7 Å². The largest absolute Gasteiger partial charge is 0.497 e. The standard InChI is InChI=1S/C19H17FN4O3S/c1-27-16-7-5-13(6-8-16)10-21-18(25)11-24(15-4-2-3-14(20)9-15)19(26)17-12-28-23-22-17/h2-9,12H,10-11H2,1H3,(H,21,25). The molecule has 2 aromatic carbocycles. The van der Waals surface area contributed by atoms with E-state index in [4.69, 9.17) is 4.74 Å². The highest BCUT2D eigenvalue weighted by Gasteiger charge is 2.23. The van der Waals surface area contributed by atoms with Gasteiger partial charge in [-0.05, 0) is 47.4 Å². The average molecular weight is 400 g/mol. The molecule has 1 aromatic heterocycles. The third-order valence-corrected chi connectivity index (χ3v) is 4.40. The van der Waals surface area contributed by atoms with Gasteiger partial charge < -0.3 is 10.1 Å². The second kappa shape index (κ2) is 9.05. The van der Waals surface area contributed by atoms with Crippen molar-refractivity contribution >= 4 is 29.0 Å². The van der Waals surface area contributed by atoms with Gasteiger partial charge in [0.1, 0.15) is 18.1 Å². The van der Waals surface area contributed by atoms with Crippen molar-refractivity contribution in [3.8, 4) is 5.75 Å². The highest BCUT2D eigenvalue weighted by atomic mass is 32.1. The molecule has 0 aliphatic carbocycles. The number of anilines is 1. The van der Waals surface area contributed by atoms with E-state index in [0.29, 0.717) is 0 Å². The van der Waals surface area contributed by atoms with Crippen molar-refractivity contribution in [2.45, 2.75) is 6.54 Å². The smallest absolute Gasteiger partial charge is 0.280 e. The minimum atomic E-state index is -0.529. The van der Waals surface area contributed by atoms with Crippen LogP contribution < -0.4 is 15.0 Å². The third-order valence-electron chi connectivity index (χ3n) is 3.89. The first-order valence-corrected chi connectivity index (χ1v) is 9.14. The fourth-order valence-corrected chi connectivity index (χ4v) is 2.89. The van der Waals surface area contributed by atoms with Crippen LogP contribution >= 0.6 is 11.5 Å². The van der Waals surface area contributed by atoms with E-state index < -0.39 is 17.6 Å². The summed E-state index contributed by atoms with van der Waals surface area (Å²) in [4.78, 5) is 26.3. The third kappa shape index (κ3) is 4.89. The summed E-state index contributed by atoms with van der Waals surface area (Å²) in [7, 11) is 1.58. The number of benzene rings is 2. The molecule has 0 atom stereocenters. The zero-order valence-electron chi connectivity index (χ0n) is 15.0. The van der Waals surface area contributed by atoms with Crippen LogP contribution in [0.25, 0.3) is 0 Å². The second-order valence-electron chi connectivity index (χ2n) is 5.79. The van der Waals surface area contributed by atoms with E-state index in [-0.39, 0.29) is 24.5 Å². The first-order valence-electron chi connectivity index (χ1n) is 8.31. The summed E-state index contributed by atoms with van der Waals surface area (Å²) in [5.74, 6) is -0.712. The zero-order chi connectivity index (χ0) is 19.9. The summed E-state index contributed by atoms with van der Waals surface area (Å²) in [6.45, 7) is 0.00222. The van der Waals surface area contributed by atoms with Gasteiger partial charge in [0.15, 0.2) is 5.69 Å². The molecule has 1 heterocycles. The SMILES string of the molecule is COc1ccc(CNC(=O)CN(C(=O)c2csnn2)c2cccc(F)c2)cc1. The molecule has 2 amide bonds. The van der Waals surface area contributed by atoms with E-state index >= 15 is 0 Å². The number of methoxy groups -OCH3 is 1. The number of amides is 2. The van der Waals surface area contributed by atoms with Gasteiger partial charge in [-0.25, -0.2) is 4.39 Å². The van der Waals surface area contributed by atoms with Crippen LogP contribution in [0.5, 0.6) is 5.75 Å². The van der Waals surface area contributed by atoms with E-state index in [2.05, 4.69) is 14.9 Å². The van der Waals surface area contributed by atoms with E-state index in [0.717, 1.165) is 22.8 Å². The van der Waals surface area contributed by atoms with Crippen LogP contribution in [0.3, 0.4) is 0 Å². The van der Waals surface area contributed by atoms with Crippen LogP contribution in [-0.2, 0) is 11.3 Å². The Balaban J connectivity index is 1.71. The molecule has 3 aromatic rings. The first-order chi connectivity index (χ1) is 13.6. The number of aromatic nitrogens is 2. The molecular weight excluding hydrogens is 383 g/mol. The van der Waals surface area contributed by atoms with Crippen molar-refractivity contribution in [3.05, 3.63) is 71.0 Å². The number of nitrogens with zero attached hydrogens (tertiary/aromatic N) is 3. The predicted molar refractivity (Wildman–Crippen MR) is 103 cm³/mol. The molecule has 9 heteroatoms. The number of carbonyl (C=O) groups is 2. The number of hydrogen-bond donors (Lipinski definition) is 1. The van der Waals surface area contributed by atoms with Crippen LogP contribution in [0.4, 0.5) is 10.1 Å². The van der Waals surface area contributed by atoms with Crippen molar-refractivity contribution in [3.63, 3.8) is 0 Å². The Kier molecular flexibility index (Phi) is 6.28. The van der Waals surface area contributed by atoms with E-state index in [1.807, 2.05) is 12.1 Å². The fraction of sp³-hybridized carbons (Fsp3) is 0.158. The van der Waals surface area contributed by atoms with E-state index in [9.17, 15) is 14.0 Å². The van der Waals surface area contributed by atoms with E-state index in [1.165, 1.54) is 28.5 Å². The molecule has 7 nitrogen and oxygen atoms in total. The summed E-state index contributed by atoms with van der Waals surface area (Å²) in [5.41, 5.74) is 1.23. The molecule has 0 unspecified atom stereocenters. The number of ether oxygens (including phenoxy) is 1. The van der Waals surface area contributed by atoms with Crippen LogP contribution in [0.1, 0.15) is 16.1 Å². The van der Waals surface area contributed by atoms with Crippen molar-refractivity contribution in [2.75, 3.05) is 18.6 Å². The van der Waals surface area contributed by atoms with Gasteiger partial charge >= 0.3 is 0 Å². The Hall–Kier alpha value is -3.33. The maximum atomic E-state index is 13.6. The Morgan fingerprint density at radius 3 is 2.64 bits per heavy atom. The van der Waals surface area contributed by atoms with Crippen LogP contribution in [-0.4, -0.2) is 35.1 Å². The highest BCUT2D eigenvalue weighted by Crippen LogP contribution is 2.18. The zero-order valence-corrected chi connectivity index (χ0v) is 15.8. The predicted octanol–water partition coefficient (Wildman–Crippen LogP) is 2.65. The minimum absolute atomic E-state index is 0.0946. The lowest BCUT2D eigenvalue weighted by Crippen LogP contribution is -2.41. The molecule has 0 saturated heterocycles. The Bertz CT molecular complexity index is 948. The number of hydrogen-bond acceptors (Lipinski definition) is 6. The van der Waals surface area contributed by atoms with Crippen molar-refractivity contribution in [1.82, 2.24) is 14.9 Å². The highest BCUT2D eigenvalue weighted by molar-refractivity contribution is 7.03. The number of nitrogens with one attached hydrogen (secondary N) is 1. The lowest BCUT2D eigenvalue weighted by atomic mass is 10.2. The molecule has 0 aliphatic heterocycles. The molecule has 0 saturated carbocycles. The molecule has 0 radical (unpaired) electrons. The van der Waals surface area contributed by atoms with Gasteiger partial charge in [-0.3, -0.25) is 14.5 Å². The van der Waals surface area contributed by atoms with E-state index in [1.54, 1.807) is 25.3 Å². The fourth-order valence-electron chi connectivity index (χ4n) is 2.46. The van der Waals surface area contributed by atoms with Gasteiger partial charge in [0.25, 0.3) is 5.91 Å². The van der Waals surface area contributed by atoms with Gasteiger partial charge in [-0.2, -0.15) is 0 Å². The number of rotatable bonds is 7. The quantitative estimate of drug-likeness (QED) is 0.659. The summed E-state index contributed by atoms with van der Waals surface area (Å²) in [6.07, 6.45) is 0. The average Bonchev–Trinajstić information content (AvgIpc) is 3.25. The summed E-state index contributed by atoms with van der Waals surface area (Å²) < 4.78 is 22.4. The molecule has 1 N–H and O–H groups in total. The Morgan fingerprint density at radius 1 is 1.21 bits per heavy atom. The van der Waals surface area contributed by atoms with Gasteiger partial charge in [0.2, 0.25) is 5.91 Å². The van der Waals surface area contributed by atoms with Crippen LogP contribution in [0.2, 0.25) is 0 Å². The second-order valence-corrected chi connectivity index (χ2v) is 6.40. The molecule has 0 spiro atoms. The number of carbonyl (C=O) groups excluding carboxylic acids is 2. The molecule has 0 fully saturated rings. The van der Waals surface area contributed by atoms with Crippen molar-refractivity contribution in [2.24, 2.45) is 0 Å². The van der Waals surface area contributed by atoms with Gasteiger partial charge in [-0.15, -0.1) is 5.10 Å². The lowest BCUT2D eigenvalue weighted by molar-refractivity contribution is -0.119. The van der Waals surface area contributed by atoms with Gasteiger partial charge in [-0.1, -0.05) is 22.7 Å². The van der Waals surface area contributed by atoms with Crippen LogP contribution in [0.15, 0.2) is 53.9 Å². The molecule has 0 aliphatic rings. The maximum Gasteiger partial charge on any atom is 0.280 e. The molecule has 28 heavy (non-hydrogen) atoms. The minimum Gasteiger partial charge on any atom is -0.497 e. The molecule has 3 rings (SSSR count). The summed E-state index contributed by atoms with van der Waals surface area (Å²) >= 11 is 1.02. The monoisotopic (exact) mass is 400 g/mol. The summed E-state index contributed by atoms with van der Waals surface area (Å²) in [5, 5.41) is 7.97. The van der Waals surface area contributed by atoms with Gasteiger partial charge in [0, 0.05) is 17.6 Å². The Morgan fingerprint density at radius 2 is 2.00 bits per heavy atom. The lowest BCUT2D eigenvalue weighted by Gasteiger charge is -2.21. The molecule has 0 bridgehead atoms. The topological polar surface area (TPSA) is 84.4 Å². The van der Waals surface area contributed by atoms with Crippen molar-refractivity contribution in [1.29, 1.82) is 0 Å². The summed E-state index contributed by atoms with van der Waals surface area (Å²) in [6, 6.07) is 12.7. The molecule has 144 valence electrons. The van der Waals surface area contributed by atoms with Crippen LogP contribution in [0, 0.1) is 5.82 Å². The number of halogens is 1. The first kappa shape index (κ1) is 19.4. The molecular formula is C19H17FN4O3S. The maximum absolute atomic E-state index is 13.6. The van der Waals surface area contributed by atoms with Gasteiger partial charge in [0.05, 0.1) is 7.11 Å². The normalized spacial score (nSPS) is 10.4. The Labute approximate surface area is 164 Å².